The van der Waals surface area contributed by atoms with Crippen LogP contribution in [0.2, 0.25) is 0 Å². The predicted octanol–water partition coefficient (Wildman–Crippen LogP) is 3.85. The molecule has 6 heteroatoms. The molecule has 1 saturated heterocycles. The average Bonchev–Trinajstić information content (AvgIpc) is 3.20. The standard InChI is InChI=1S/C20H17N3O2S/c24-20(25-14-7-9-21-11-14)13-4-6-17-16(10-13)15-5-3-12-2-1-8-22-18(12)19(15)23-26-17/h1-6,8,10,14,21,23H,7,9,11H2. The number of pyridine rings is 1. The van der Waals surface area contributed by atoms with E-state index in [1.165, 1.54) is 0 Å². The van der Waals surface area contributed by atoms with Crippen LogP contribution >= 0.6 is 11.9 Å². The van der Waals surface area contributed by atoms with E-state index in [9.17, 15) is 4.79 Å². The van der Waals surface area contributed by atoms with Gasteiger partial charge in [0.25, 0.3) is 0 Å². The van der Waals surface area contributed by atoms with Gasteiger partial charge in [0.15, 0.2) is 0 Å². The lowest BCUT2D eigenvalue weighted by Crippen LogP contribution is -2.21. The van der Waals surface area contributed by atoms with Gasteiger partial charge in [-0.05, 0) is 49.2 Å². The summed E-state index contributed by atoms with van der Waals surface area (Å²) in [4.78, 5) is 18.1. The molecule has 5 rings (SSSR count). The minimum absolute atomic E-state index is 0.0324. The molecule has 2 aromatic carbocycles. The van der Waals surface area contributed by atoms with Gasteiger partial charge in [0.1, 0.15) is 6.10 Å². The summed E-state index contributed by atoms with van der Waals surface area (Å²) in [7, 11) is 0. The van der Waals surface area contributed by atoms with Crippen LogP contribution < -0.4 is 10.0 Å². The summed E-state index contributed by atoms with van der Waals surface area (Å²) in [5, 5.41) is 4.30. The molecule has 0 aliphatic carbocycles. The lowest BCUT2D eigenvalue weighted by molar-refractivity contribution is 0.0344. The van der Waals surface area contributed by atoms with Crippen LogP contribution in [0.25, 0.3) is 22.0 Å². The summed E-state index contributed by atoms with van der Waals surface area (Å²) in [5.41, 5.74) is 4.61. The van der Waals surface area contributed by atoms with Gasteiger partial charge in [-0.2, -0.15) is 0 Å². The van der Waals surface area contributed by atoms with Crippen LogP contribution in [0.1, 0.15) is 16.8 Å². The monoisotopic (exact) mass is 363 g/mol. The molecule has 0 bridgehead atoms. The van der Waals surface area contributed by atoms with Crippen LogP contribution in [0.5, 0.6) is 0 Å². The SMILES string of the molecule is O=C(OC1CCNC1)c1ccc2c(c1)-c1ccc3cccnc3c1NS2. The second-order valence-corrected chi connectivity index (χ2v) is 7.35. The molecule has 0 saturated carbocycles. The second kappa shape index (κ2) is 6.30. The Kier molecular flexibility index (Phi) is 3.80. The smallest absolute Gasteiger partial charge is 0.338 e. The summed E-state index contributed by atoms with van der Waals surface area (Å²) in [6, 6.07) is 13.9. The minimum atomic E-state index is -0.259. The Bertz CT molecular complexity index is 1020. The van der Waals surface area contributed by atoms with Gasteiger partial charge in [-0.1, -0.05) is 18.2 Å². The number of hydrogen-bond acceptors (Lipinski definition) is 6. The van der Waals surface area contributed by atoms with Gasteiger partial charge in [0.2, 0.25) is 0 Å². The number of fused-ring (bicyclic) bond motifs is 5. The average molecular weight is 363 g/mol. The number of rotatable bonds is 2. The van der Waals surface area contributed by atoms with Crippen molar-refractivity contribution in [3.8, 4) is 11.1 Å². The highest BCUT2D eigenvalue weighted by Gasteiger charge is 2.23. The molecule has 2 N–H and O–H groups in total. The Morgan fingerprint density at radius 1 is 1.19 bits per heavy atom. The van der Waals surface area contributed by atoms with Crippen molar-refractivity contribution in [2.45, 2.75) is 17.4 Å². The number of carbonyl (C=O) groups is 1. The number of anilines is 1. The third-order valence-corrected chi connectivity index (χ3v) is 5.71. The first-order chi connectivity index (χ1) is 12.8. The van der Waals surface area contributed by atoms with E-state index in [0.29, 0.717) is 5.56 Å². The fourth-order valence-electron chi connectivity index (χ4n) is 3.48. The molecule has 3 heterocycles. The first-order valence-corrected chi connectivity index (χ1v) is 9.48. The summed E-state index contributed by atoms with van der Waals surface area (Å²) in [6.45, 7) is 1.63. The Morgan fingerprint density at radius 2 is 2.15 bits per heavy atom. The molecule has 2 aliphatic heterocycles. The van der Waals surface area contributed by atoms with Crippen LogP contribution in [-0.4, -0.2) is 30.1 Å². The van der Waals surface area contributed by atoms with Gasteiger partial charge in [-0.25, -0.2) is 4.79 Å². The number of esters is 1. The van der Waals surface area contributed by atoms with Crippen molar-refractivity contribution in [2.75, 3.05) is 17.8 Å². The zero-order chi connectivity index (χ0) is 17.5. The predicted molar refractivity (Wildman–Crippen MR) is 103 cm³/mol. The van der Waals surface area contributed by atoms with Crippen molar-refractivity contribution in [1.82, 2.24) is 10.3 Å². The Labute approximate surface area is 155 Å². The normalized spacial score (nSPS) is 18.1. The number of nitrogens with zero attached hydrogens (tertiary/aromatic N) is 1. The van der Waals surface area contributed by atoms with Crippen molar-refractivity contribution in [3.05, 3.63) is 54.2 Å². The van der Waals surface area contributed by atoms with Gasteiger partial charge in [0, 0.05) is 34.2 Å². The number of nitrogens with one attached hydrogen (secondary N) is 2. The molecule has 3 aromatic rings. The number of benzene rings is 2. The Balaban J connectivity index is 1.55. The highest BCUT2D eigenvalue weighted by atomic mass is 32.2. The third kappa shape index (κ3) is 2.62. The van der Waals surface area contributed by atoms with Crippen molar-refractivity contribution in [3.63, 3.8) is 0 Å². The Hall–Kier alpha value is -2.57. The van der Waals surface area contributed by atoms with Crippen LogP contribution in [0.15, 0.2) is 53.6 Å². The van der Waals surface area contributed by atoms with E-state index >= 15 is 0 Å². The van der Waals surface area contributed by atoms with Crippen molar-refractivity contribution in [1.29, 1.82) is 0 Å². The number of carbonyl (C=O) groups excluding carboxylic acids is 1. The van der Waals surface area contributed by atoms with Crippen molar-refractivity contribution < 1.29 is 9.53 Å². The first-order valence-electron chi connectivity index (χ1n) is 8.66. The maximum atomic E-state index is 12.5. The zero-order valence-corrected chi connectivity index (χ0v) is 14.8. The fraction of sp³-hybridized carbons (Fsp3) is 0.200. The van der Waals surface area contributed by atoms with Crippen molar-refractivity contribution >= 4 is 34.5 Å². The molecule has 130 valence electrons. The van der Waals surface area contributed by atoms with Gasteiger partial charge < -0.3 is 14.8 Å². The summed E-state index contributed by atoms with van der Waals surface area (Å²) in [6.07, 6.45) is 2.64. The van der Waals surface area contributed by atoms with Gasteiger partial charge in [-0.15, -0.1) is 0 Å². The minimum Gasteiger partial charge on any atom is -0.457 e. The van der Waals surface area contributed by atoms with Crippen molar-refractivity contribution in [2.24, 2.45) is 0 Å². The van der Waals surface area contributed by atoms with E-state index in [1.807, 2.05) is 30.3 Å². The molecule has 26 heavy (non-hydrogen) atoms. The topological polar surface area (TPSA) is 63.2 Å². The first kappa shape index (κ1) is 15.7. The molecule has 0 radical (unpaired) electrons. The van der Waals surface area contributed by atoms with E-state index in [1.54, 1.807) is 18.1 Å². The molecule has 2 aliphatic rings. The van der Waals surface area contributed by atoms with Gasteiger partial charge >= 0.3 is 5.97 Å². The third-order valence-electron chi connectivity index (χ3n) is 4.83. The molecule has 1 unspecified atom stereocenters. The highest BCUT2D eigenvalue weighted by molar-refractivity contribution is 8.00. The van der Waals surface area contributed by atoms with Crippen LogP contribution in [0.4, 0.5) is 5.69 Å². The lowest BCUT2D eigenvalue weighted by Gasteiger charge is -2.22. The molecule has 1 atom stereocenters. The van der Waals surface area contributed by atoms with Crippen LogP contribution in [0, 0.1) is 0 Å². The van der Waals surface area contributed by atoms with E-state index in [-0.39, 0.29) is 12.1 Å². The van der Waals surface area contributed by atoms with Gasteiger partial charge in [-0.3, -0.25) is 4.98 Å². The maximum absolute atomic E-state index is 12.5. The quantitative estimate of drug-likeness (QED) is 0.533. The summed E-state index contributed by atoms with van der Waals surface area (Å²) in [5.74, 6) is -0.259. The van der Waals surface area contributed by atoms with Crippen LogP contribution in [-0.2, 0) is 4.74 Å². The molecule has 0 spiro atoms. The van der Waals surface area contributed by atoms with E-state index in [4.69, 9.17) is 4.74 Å². The van der Waals surface area contributed by atoms with E-state index < -0.39 is 0 Å². The molecule has 0 amide bonds. The van der Waals surface area contributed by atoms with E-state index in [2.05, 4.69) is 27.2 Å². The molecular weight excluding hydrogens is 346 g/mol. The number of ether oxygens (including phenoxy) is 1. The van der Waals surface area contributed by atoms with Gasteiger partial charge in [0.05, 0.1) is 16.8 Å². The summed E-state index contributed by atoms with van der Waals surface area (Å²) < 4.78 is 9.01. The maximum Gasteiger partial charge on any atom is 0.338 e. The summed E-state index contributed by atoms with van der Waals surface area (Å²) >= 11 is 1.55. The lowest BCUT2D eigenvalue weighted by atomic mass is 9.99. The molecule has 5 nitrogen and oxygen atoms in total. The molecule has 1 aromatic heterocycles. The van der Waals surface area contributed by atoms with Crippen LogP contribution in [0.3, 0.4) is 0 Å². The number of aromatic nitrogens is 1. The second-order valence-electron chi connectivity index (χ2n) is 6.50. The van der Waals surface area contributed by atoms with E-state index in [0.717, 1.165) is 52.1 Å². The zero-order valence-electron chi connectivity index (χ0n) is 14.0. The Morgan fingerprint density at radius 3 is 3.04 bits per heavy atom. The molecule has 1 fully saturated rings. The fourth-order valence-corrected chi connectivity index (χ4v) is 4.32. The number of hydrogen-bond donors (Lipinski definition) is 2. The molecular formula is C20H17N3O2S. The largest absolute Gasteiger partial charge is 0.457 e. The highest BCUT2D eigenvalue weighted by Crippen LogP contribution is 2.45.